The molecule has 0 spiro atoms. The maximum atomic E-state index is 12.0. The minimum absolute atomic E-state index is 0.128. The third-order valence-electron chi connectivity index (χ3n) is 3.48. The van der Waals surface area contributed by atoms with Crippen molar-refractivity contribution in [1.29, 1.82) is 0 Å². The number of aromatic nitrogens is 2. The number of aromatic amines is 1. The van der Waals surface area contributed by atoms with Crippen LogP contribution in [0.4, 0.5) is 0 Å². The van der Waals surface area contributed by atoms with Crippen LogP contribution < -0.4 is 5.32 Å². The van der Waals surface area contributed by atoms with Crippen LogP contribution in [-0.2, 0) is 4.79 Å². The molecule has 21 heavy (non-hydrogen) atoms. The normalized spacial score (nSPS) is 12.2. The molecule has 2 aromatic rings. The number of carbonyl (C=O) groups excluding carboxylic acids is 1. The lowest BCUT2D eigenvalue weighted by Crippen LogP contribution is -2.25. The third-order valence-corrected chi connectivity index (χ3v) is 3.48. The van der Waals surface area contributed by atoms with E-state index in [2.05, 4.69) is 15.5 Å². The number of hydrogen-bond acceptors (Lipinski definition) is 3. The molecule has 6 nitrogen and oxygen atoms in total. The number of rotatable bonds is 7. The molecule has 1 heterocycles. The van der Waals surface area contributed by atoms with Crippen LogP contribution in [0.25, 0.3) is 10.9 Å². The van der Waals surface area contributed by atoms with Crippen LogP contribution in [0.1, 0.15) is 36.5 Å². The summed E-state index contributed by atoms with van der Waals surface area (Å²) < 4.78 is 0. The Kier molecular flexibility index (Phi) is 4.92. The fourth-order valence-corrected chi connectivity index (χ4v) is 2.13. The van der Waals surface area contributed by atoms with Crippen LogP contribution in [0.3, 0.4) is 0 Å². The van der Waals surface area contributed by atoms with Crippen molar-refractivity contribution in [3.05, 3.63) is 30.0 Å². The van der Waals surface area contributed by atoms with E-state index in [4.69, 9.17) is 5.11 Å². The van der Waals surface area contributed by atoms with Gasteiger partial charge in [0.05, 0.1) is 11.7 Å². The SMILES string of the molecule is CC(CCNC(=O)c1ccc2cn[nH]c2c1)CCC(=O)O. The van der Waals surface area contributed by atoms with Crippen molar-refractivity contribution >= 4 is 22.8 Å². The van der Waals surface area contributed by atoms with Crippen LogP contribution in [0.15, 0.2) is 24.4 Å². The van der Waals surface area contributed by atoms with Crippen molar-refractivity contribution in [1.82, 2.24) is 15.5 Å². The highest BCUT2D eigenvalue weighted by atomic mass is 16.4. The molecule has 1 aromatic heterocycles. The molecule has 3 N–H and O–H groups in total. The molecule has 0 bridgehead atoms. The largest absolute Gasteiger partial charge is 0.481 e. The molecule has 1 atom stereocenters. The Morgan fingerprint density at radius 2 is 2.19 bits per heavy atom. The molecule has 112 valence electrons. The number of benzene rings is 1. The van der Waals surface area contributed by atoms with Gasteiger partial charge in [0.15, 0.2) is 0 Å². The van der Waals surface area contributed by atoms with Crippen molar-refractivity contribution in [3.63, 3.8) is 0 Å². The van der Waals surface area contributed by atoms with Crippen LogP contribution in [0.2, 0.25) is 0 Å². The summed E-state index contributed by atoms with van der Waals surface area (Å²) in [6, 6.07) is 5.38. The van der Waals surface area contributed by atoms with Gasteiger partial charge < -0.3 is 10.4 Å². The minimum atomic E-state index is -0.779. The summed E-state index contributed by atoms with van der Waals surface area (Å²) in [7, 11) is 0. The molecule has 0 fully saturated rings. The minimum Gasteiger partial charge on any atom is -0.481 e. The fourth-order valence-electron chi connectivity index (χ4n) is 2.13. The molecule has 1 unspecified atom stereocenters. The maximum Gasteiger partial charge on any atom is 0.303 e. The number of hydrogen-bond donors (Lipinski definition) is 3. The van der Waals surface area contributed by atoms with Gasteiger partial charge in [-0.25, -0.2) is 0 Å². The van der Waals surface area contributed by atoms with E-state index < -0.39 is 5.97 Å². The second-order valence-corrected chi connectivity index (χ2v) is 5.25. The summed E-state index contributed by atoms with van der Waals surface area (Å²) in [5.41, 5.74) is 1.42. The van der Waals surface area contributed by atoms with E-state index in [0.29, 0.717) is 18.5 Å². The monoisotopic (exact) mass is 289 g/mol. The van der Waals surface area contributed by atoms with E-state index in [-0.39, 0.29) is 18.2 Å². The van der Waals surface area contributed by atoms with Crippen LogP contribution >= 0.6 is 0 Å². The first-order valence-corrected chi connectivity index (χ1v) is 6.99. The highest BCUT2D eigenvalue weighted by Crippen LogP contribution is 2.13. The summed E-state index contributed by atoms with van der Waals surface area (Å²) >= 11 is 0. The lowest BCUT2D eigenvalue weighted by atomic mass is 10.0. The Morgan fingerprint density at radius 3 is 2.95 bits per heavy atom. The molecule has 1 aromatic carbocycles. The zero-order valence-electron chi connectivity index (χ0n) is 11.9. The van der Waals surface area contributed by atoms with E-state index >= 15 is 0 Å². The number of carboxylic acid groups (broad SMARTS) is 1. The Morgan fingerprint density at radius 1 is 1.38 bits per heavy atom. The molecule has 1 amide bonds. The molecule has 6 heteroatoms. The van der Waals surface area contributed by atoms with Crippen LogP contribution in [-0.4, -0.2) is 33.7 Å². The van der Waals surface area contributed by atoms with Gasteiger partial charge in [0.1, 0.15) is 0 Å². The van der Waals surface area contributed by atoms with Crippen LogP contribution in [0, 0.1) is 5.92 Å². The zero-order chi connectivity index (χ0) is 15.2. The van der Waals surface area contributed by atoms with Gasteiger partial charge in [0, 0.05) is 23.9 Å². The molecular weight excluding hydrogens is 270 g/mol. The Hall–Kier alpha value is -2.37. The second kappa shape index (κ2) is 6.88. The molecular formula is C15H19N3O3. The van der Waals surface area contributed by atoms with Gasteiger partial charge in [-0.15, -0.1) is 0 Å². The number of nitrogens with zero attached hydrogens (tertiary/aromatic N) is 1. The maximum absolute atomic E-state index is 12.0. The molecule has 2 rings (SSSR count). The number of amides is 1. The number of H-pyrrole nitrogens is 1. The first-order chi connectivity index (χ1) is 10.1. The highest BCUT2D eigenvalue weighted by molar-refractivity contribution is 5.97. The molecule has 0 saturated carbocycles. The molecule has 0 saturated heterocycles. The summed E-state index contributed by atoms with van der Waals surface area (Å²) in [6.45, 7) is 2.53. The van der Waals surface area contributed by atoms with Crippen molar-refractivity contribution in [3.8, 4) is 0 Å². The average Bonchev–Trinajstić information content (AvgIpc) is 2.92. The number of carbonyl (C=O) groups is 2. The predicted molar refractivity (Wildman–Crippen MR) is 79.1 cm³/mol. The zero-order valence-corrected chi connectivity index (χ0v) is 11.9. The van der Waals surface area contributed by atoms with E-state index in [0.717, 1.165) is 17.3 Å². The van der Waals surface area contributed by atoms with Gasteiger partial charge in [-0.3, -0.25) is 14.7 Å². The quantitative estimate of drug-likeness (QED) is 0.728. The van der Waals surface area contributed by atoms with Gasteiger partial charge in [-0.2, -0.15) is 5.10 Å². The van der Waals surface area contributed by atoms with Gasteiger partial charge in [-0.05, 0) is 30.9 Å². The Labute approximate surface area is 122 Å². The Bertz CT molecular complexity index is 636. The van der Waals surface area contributed by atoms with E-state index in [1.807, 2.05) is 13.0 Å². The Balaban J connectivity index is 1.80. The number of aliphatic carboxylic acids is 1. The van der Waals surface area contributed by atoms with Crippen LogP contribution in [0.5, 0.6) is 0 Å². The lowest BCUT2D eigenvalue weighted by molar-refractivity contribution is -0.137. The van der Waals surface area contributed by atoms with Crippen molar-refractivity contribution in [2.75, 3.05) is 6.54 Å². The van der Waals surface area contributed by atoms with E-state index in [1.54, 1.807) is 18.3 Å². The summed E-state index contributed by atoms with van der Waals surface area (Å²) in [6.07, 6.45) is 3.28. The first kappa shape index (κ1) is 15.0. The molecule has 0 aliphatic heterocycles. The fraction of sp³-hybridized carbons (Fsp3) is 0.400. The number of nitrogens with one attached hydrogen (secondary N) is 2. The average molecular weight is 289 g/mol. The number of fused-ring (bicyclic) bond motifs is 1. The van der Waals surface area contributed by atoms with Gasteiger partial charge in [0.2, 0.25) is 0 Å². The number of carboxylic acids is 1. The van der Waals surface area contributed by atoms with Crippen molar-refractivity contribution in [2.45, 2.75) is 26.2 Å². The van der Waals surface area contributed by atoms with Gasteiger partial charge in [0.25, 0.3) is 5.91 Å². The molecule has 0 aliphatic carbocycles. The highest BCUT2D eigenvalue weighted by Gasteiger charge is 2.09. The second-order valence-electron chi connectivity index (χ2n) is 5.25. The summed E-state index contributed by atoms with van der Waals surface area (Å²) in [5.74, 6) is -0.632. The van der Waals surface area contributed by atoms with E-state index in [9.17, 15) is 9.59 Å². The summed E-state index contributed by atoms with van der Waals surface area (Å²) in [4.78, 5) is 22.5. The predicted octanol–water partition coefficient (Wildman–Crippen LogP) is 2.18. The van der Waals surface area contributed by atoms with Crippen molar-refractivity contribution < 1.29 is 14.7 Å². The lowest BCUT2D eigenvalue weighted by Gasteiger charge is -2.10. The summed E-state index contributed by atoms with van der Waals surface area (Å²) in [5, 5.41) is 19.2. The smallest absolute Gasteiger partial charge is 0.303 e. The molecule has 0 radical (unpaired) electrons. The standard InChI is InChI=1S/C15H19N3O3/c1-10(2-5-14(19)20)6-7-16-15(21)11-3-4-12-9-17-18-13(12)8-11/h3-4,8-10H,2,5-7H2,1H3,(H,16,21)(H,17,18)(H,19,20). The van der Waals surface area contributed by atoms with E-state index in [1.165, 1.54) is 0 Å². The molecule has 0 aliphatic rings. The van der Waals surface area contributed by atoms with Crippen molar-refractivity contribution in [2.24, 2.45) is 5.92 Å². The van der Waals surface area contributed by atoms with Gasteiger partial charge >= 0.3 is 5.97 Å². The third kappa shape index (κ3) is 4.30. The van der Waals surface area contributed by atoms with Gasteiger partial charge in [-0.1, -0.05) is 13.0 Å². The first-order valence-electron chi connectivity index (χ1n) is 6.99. The topological polar surface area (TPSA) is 95.1 Å².